The summed E-state index contributed by atoms with van der Waals surface area (Å²) >= 11 is 0. The molecule has 0 spiro atoms. The van der Waals surface area contributed by atoms with Gasteiger partial charge in [0, 0.05) is 6.04 Å². The van der Waals surface area contributed by atoms with Crippen LogP contribution in [0.2, 0.25) is 0 Å². The lowest BCUT2D eigenvalue weighted by molar-refractivity contribution is 0.167. The van der Waals surface area contributed by atoms with Crippen LogP contribution in [0.25, 0.3) is 0 Å². The van der Waals surface area contributed by atoms with Gasteiger partial charge in [-0.15, -0.1) is 0 Å². The van der Waals surface area contributed by atoms with Crippen LogP contribution in [0.4, 0.5) is 0 Å². The summed E-state index contributed by atoms with van der Waals surface area (Å²) in [6, 6.07) is 8.09. The highest BCUT2D eigenvalue weighted by Crippen LogP contribution is 2.16. The zero-order chi connectivity index (χ0) is 13.8. The standard InChI is InChI=1S/C15H21NO3/c1-11(2)16(8-13-5-4-12(3)18-13)9-14-6-7-15(10-17)19-14/h4-7,11,17H,8-10H2,1-3H3. The molecule has 0 fully saturated rings. The summed E-state index contributed by atoms with van der Waals surface area (Å²) in [4.78, 5) is 2.26. The van der Waals surface area contributed by atoms with Crippen LogP contribution in [0.5, 0.6) is 0 Å². The zero-order valence-electron chi connectivity index (χ0n) is 11.7. The lowest BCUT2D eigenvalue weighted by Crippen LogP contribution is -2.29. The molecular weight excluding hydrogens is 242 g/mol. The summed E-state index contributed by atoms with van der Waals surface area (Å²) in [6.07, 6.45) is 0. The number of nitrogens with zero attached hydrogens (tertiary/aromatic N) is 1. The molecule has 0 aliphatic carbocycles. The Hall–Kier alpha value is -1.52. The summed E-state index contributed by atoms with van der Waals surface area (Å²) in [5.74, 6) is 3.35. The average Bonchev–Trinajstić information content (AvgIpc) is 2.97. The molecule has 2 aromatic heterocycles. The summed E-state index contributed by atoms with van der Waals surface area (Å²) in [5.41, 5.74) is 0. The SMILES string of the molecule is Cc1ccc(CN(Cc2ccc(CO)o2)C(C)C)o1. The van der Waals surface area contributed by atoms with Crippen molar-refractivity contribution in [3.63, 3.8) is 0 Å². The van der Waals surface area contributed by atoms with E-state index >= 15 is 0 Å². The van der Waals surface area contributed by atoms with Crippen molar-refractivity contribution in [2.45, 2.75) is 46.5 Å². The minimum absolute atomic E-state index is 0.0565. The third-order valence-electron chi connectivity index (χ3n) is 3.12. The molecule has 0 atom stereocenters. The fraction of sp³-hybridized carbons (Fsp3) is 0.467. The van der Waals surface area contributed by atoms with Gasteiger partial charge in [-0.1, -0.05) is 0 Å². The van der Waals surface area contributed by atoms with Crippen molar-refractivity contribution in [2.75, 3.05) is 0 Å². The van der Waals surface area contributed by atoms with E-state index in [4.69, 9.17) is 13.9 Å². The van der Waals surface area contributed by atoms with E-state index in [1.165, 1.54) is 0 Å². The first-order valence-electron chi connectivity index (χ1n) is 6.56. The summed E-state index contributed by atoms with van der Waals surface area (Å²) in [5, 5.41) is 9.01. The minimum atomic E-state index is -0.0565. The van der Waals surface area contributed by atoms with Crippen molar-refractivity contribution in [3.05, 3.63) is 47.3 Å². The van der Waals surface area contributed by atoms with Crippen LogP contribution in [0, 0.1) is 6.92 Å². The largest absolute Gasteiger partial charge is 0.465 e. The Labute approximate surface area is 113 Å². The molecular formula is C15H21NO3. The molecule has 0 unspecified atom stereocenters. The molecule has 4 heteroatoms. The van der Waals surface area contributed by atoms with Gasteiger partial charge >= 0.3 is 0 Å². The van der Waals surface area contributed by atoms with E-state index in [0.717, 1.165) is 23.8 Å². The minimum Gasteiger partial charge on any atom is -0.465 e. The predicted octanol–water partition coefficient (Wildman–Crippen LogP) is 3.08. The molecule has 1 N–H and O–H groups in total. The van der Waals surface area contributed by atoms with Crippen LogP contribution >= 0.6 is 0 Å². The molecule has 2 aromatic rings. The van der Waals surface area contributed by atoms with Gasteiger partial charge in [-0.3, -0.25) is 4.90 Å². The lowest BCUT2D eigenvalue weighted by Gasteiger charge is -2.24. The predicted molar refractivity (Wildman–Crippen MR) is 72.5 cm³/mol. The molecule has 2 rings (SSSR count). The van der Waals surface area contributed by atoms with Crippen molar-refractivity contribution in [1.29, 1.82) is 0 Å². The van der Waals surface area contributed by atoms with Gasteiger partial charge < -0.3 is 13.9 Å². The number of aryl methyl sites for hydroxylation is 1. The Bertz CT molecular complexity index is 513. The van der Waals surface area contributed by atoms with Gasteiger partial charge in [0.2, 0.25) is 0 Å². The smallest absolute Gasteiger partial charge is 0.129 e. The molecule has 104 valence electrons. The van der Waals surface area contributed by atoms with E-state index in [1.807, 2.05) is 31.2 Å². The molecule has 2 heterocycles. The van der Waals surface area contributed by atoms with Crippen LogP contribution in [-0.2, 0) is 19.7 Å². The normalized spacial score (nSPS) is 11.7. The van der Waals surface area contributed by atoms with Crippen LogP contribution < -0.4 is 0 Å². The van der Waals surface area contributed by atoms with Crippen molar-refractivity contribution < 1.29 is 13.9 Å². The second kappa shape index (κ2) is 6.08. The van der Waals surface area contributed by atoms with E-state index in [9.17, 15) is 0 Å². The molecule has 0 aliphatic heterocycles. The van der Waals surface area contributed by atoms with Crippen molar-refractivity contribution in [1.82, 2.24) is 4.90 Å². The molecule has 4 nitrogen and oxygen atoms in total. The number of hydrogen-bond donors (Lipinski definition) is 1. The lowest BCUT2D eigenvalue weighted by atomic mass is 10.2. The van der Waals surface area contributed by atoms with E-state index in [0.29, 0.717) is 18.3 Å². The van der Waals surface area contributed by atoms with Gasteiger partial charge in [-0.05, 0) is 45.0 Å². The van der Waals surface area contributed by atoms with E-state index < -0.39 is 0 Å². The maximum absolute atomic E-state index is 9.01. The fourth-order valence-corrected chi connectivity index (χ4v) is 1.98. The molecule has 0 aliphatic rings. The third kappa shape index (κ3) is 3.72. The quantitative estimate of drug-likeness (QED) is 0.870. The molecule has 0 aromatic carbocycles. The molecule has 0 bridgehead atoms. The number of aliphatic hydroxyl groups excluding tert-OH is 1. The van der Waals surface area contributed by atoms with E-state index in [-0.39, 0.29) is 6.61 Å². The van der Waals surface area contributed by atoms with Crippen LogP contribution in [0.1, 0.15) is 36.9 Å². The van der Waals surface area contributed by atoms with Gasteiger partial charge in [-0.25, -0.2) is 0 Å². The van der Waals surface area contributed by atoms with Gasteiger partial charge in [0.25, 0.3) is 0 Å². The third-order valence-corrected chi connectivity index (χ3v) is 3.12. The highest BCUT2D eigenvalue weighted by molar-refractivity contribution is 5.08. The molecule has 0 saturated heterocycles. The summed E-state index contributed by atoms with van der Waals surface area (Å²) in [6.45, 7) is 7.64. The first-order valence-corrected chi connectivity index (χ1v) is 6.56. The van der Waals surface area contributed by atoms with Gasteiger partial charge in [0.15, 0.2) is 0 Å². The van der Waals surface area contributed by atoms with Crippen molar-refractivity contribution in [3.8, 4) is 0 Å². The Kier molecular flexibility index (Phi) is 4.45. The Morgan fingerprint density at radius 3 is 2.05 bits per heavy atom. The van der Waals surface area contributed by atoms with Crippen molar-refractivity contribution >= 4 is 0 Å². The van der Waals surface area contributed by atoms with Gasteiger partial charge in [0.05, 0.1) is 13.1 Å². The topological polar surface area (TPSA) is 49.8 Å². The van der Waals surface area contributed by atoms with E-state index in [1.54, 1.807) is 0 Å². The summed E-state index contributed by atoms with van der Waals surface area (Å²) < 4.78 is 11.2. The Morgan fingerprint density at radius 1 is 1.00 bits per heavy atom. The Balaban J connectivity index is 2.03. The highest BCUT2D eigenvalue weighted by atomic mass is 16.4. The monoisotopic (exact) mass is 263 g/mol. The number of aliphatic hydroxyl groups is 1. The van der Waals surface area contributed by atoms with Crippen LogP contribution in [0.3, 0.4) is 0 Å². The Morgan fingerprint density at radius 2 is 1.58 bits per heavy atom. The highest BCUT2D eigenvalue weighted by Gasteiger charge is 2.14. The maximum atomic E-state index is 9.01. The zero-order valence-corrected chi connectivity index (χ0v) is 11.7. The first kappa shape index (κ1) is 13.9. The number of hydrogen-bond acceptors (Lipinski definition) is 4. The summed E-state index contributed by atoms with van der Waals surface area (Å²) in [7, 11) is 0. The fourth-order valence-electron chi connectivity index (χ4n) is 1.98. The number of rotatable bonds is 6. The van der Waals surface area contributed by atoms with Gasteiger partial charge in [0.1, 0.15) is 29.6 Å². The average molecular weight is 263 g/mol. The molecule has 0 amide bonds. The van der Waals surface area contributed by atoms with E-state index in [2.05, 4.69) is 18.7 Å². The second-order valence-corrected chi connectivity index (χ2v) is 5.04. The van der Waals surface area contributed by atoms with Crippen molar-refractivity contribution in [2.24, 2.45) is 0 Å². The molecule has 0 saturated carbocycles. The maximum Gasteiger partial charge on any atom is 0.129 e. The molecule has 0 radical (unpaired) electrons. The van der Waals surface area contributed by atoms with Crippen LogP contribution in [0.15, 0.2) is 33.1 Å². The number of furan rings is 2. The first-order chi connectivity index (χ1) is 9.08. The second-order valence-electron chi connectivity index (χ2n) is 5.04. The van der Waals surface area contributed by atoms with Gasteiger partial charge in [-0.2, -0.15) is 0 Å². The van der Waals surface area contributed by atoms with Crippen LogP contribution in [-0.4, -0.2) is 16.0 Å². The molecule has 19 heavy (non-hydrogen) atoms.